The Hall–Kier alpha value is -2.04. The molecule has 0 saturated carbocycles. The summed E-state index contributed by atoms with van der Waals surface area (Å²) in [7, 11) is 0. The van der Waals surface area contributed by atoms with Crippen LogP contribution in [0.4, 0.5) is 0 Å². The molecule has 0 fully saturated rings. The predicted octanol–water partition coefficient (Wildman–Crippen LogP) is 2.44. The minimum atomic E-state index is -1.26. The highest BCUT2D eigenvalue weighted by Gasteiger charge is 2.42. The number of oxime groups is 1. The van der Waals surface area contributed by atoms with Crippen LogP contribution >= 0.6 is 0 Å². The molecule has 102 valence electrons. The zero-order valence-electron chi connectivity index (χ0n) is 11.2. The fourth-order valence-corrected chi connectivity index (χ4v) is 1.81. The third kappa shape index (κ3) is 2.86. The summed E-state index contributed by atoms with van der Waals surface area (Å²) in [5.41, 5.74) is 0.227. The summed E-state index contributed by atoms with van der Waals surface area (Å²) in [6.07, 6.45) is 0.375. The molecule has 0 saturated heterocycles. The van der Waals surface area contributed by atoms with Crippen molar-refractivity contribution in [2.75, 3.05) is 0 Å². The predicted molar refractivity (Wildman–Crippen MR) is 70.5 cm³/mol. The van der Waals surface area contributed by atoms with Gasteiger partial charge in [-0.2, -0.15) is 0 Å². The lowest BCUT2D eigenvalue weighted by molar-refractivity contribution is -0.160. The number of nitrogens with zero attached hydrogens (tertiary/aromatic N) is 1. The van der Waals surface area contributed by atoms with Crippen LogP contribution in [0.15, 0.2) is 29.4 Å². The Bertz CT molecular complexity index is 507. The van der Waals surface area contributed by atoms with Gasteiger partial charge in [0.25, 0.3) is 0 Å². The van der Waals surface area contributed by atoms with Gasteiger partial charge in [-0.25, -0.2) is 4.79 Å². The van der Waals surface area contributed by atoms with Crippen LogP contribution in [0.5, 0.6) is 5.75 Å². The topological polar surface area (TPSA) is 68.1 Å². The second-order valence-corrected chi connectivity index (χ2v) is 5.03. The molecule has 0 bridgehead atoms. The minimum Gasteiger partial charge on any atom is -0.491 e. The number of aliphatic carboxylic acids is 1. The first-order chi connectivity index (χ1) is 8.90. The number of hydrogen-bond donors (Lipinski definition) is 1. The molecule has 1 N–H and O–H groups in total. The maximum absolute atomic E-state index is 11.1. The highest BCUT2D eigenvalue weighted by atomic mass is 16.7. The summed E-state index contributed by atoms with van der Waals surface area (Å²) < 4.78 is 5.55. The van der Waals surface area contributed by atoms with Gasteiger partial charge in [0.2, 0.25) is 5.60 Å². The van der Waals surface area contributed by atoms with Gasteiger partial charge in [0, 0.05) is 6.42 Å². The lowest BCUT2D eigenvalue weighted by atomic mass is 9.96. The molecule has 1 heterocycles. The lowest BCUT2D eigenvalue weighted by Crippen LogP contribution is -2.35. The molecule has 0 unspecified atom stereocenters. The van der Waals surface area contributed by atoms with Crippen LogP contribution in [-0.4, -0.2) is 28.5 Å². The molecule has 1 atom stereocenters. The van der Waals surface area contributed by atoms with Crippen molar-refractivity contribution in [1.29, 1.82) is 0 Å². The summed E-state index contributed by atoms with van der Waals surface area (Å²) in [4.78, 5) is 16.1. The highest BCUT2D eigenvalue weighted by molar-refractivity contribution is 6.04. The van der Waals surface area contributed by atoms with Crippen molar-refractivity contribution in [3.63, 3.8) is 0 Å². The van der Waals surface area contributed by atoms with Gasteiger partial charge in [-0.05, 0) is 50.6 Å². The van der Waals surface area contributed by atoms with Crippen molar-refractivity contribution in [2.24, 2.45) is 5.16 Å². The van der Waals surface area contributed by atoms with E-state index in [2.05, 4.69) is 5.16 Å². The molecule has 0 amide bonds. The van der Waals surface area contributed by atoms with Crippen LogP contribution in [0.2, 0.25) is 0 Å². The molecule has 1 aliphatic heterocycles. The van der Waals surface area contributed by atoms with E-state index in [0.29, 0.717) is 5.71 Å². The molecule has 0 aromatic heterocycles. The fourth-order valence-electron chi connectivity index (χ4n) is 1.81. The first-order valence-corrected chi connectivity index (χ1v) is 6.16. The van der Waals surface area contributed by atoms with Crippen molar-refractivity contribution >= 4 is 11.7 Å². The molecule has 1 aliphatic rings. The summed E-state index contributed by atoms with van der Waals surface area (Å²) >= 11 is 0. The average Bonchev–Trinajstić information content (AvgIpc) is 2.74. The molecule has 1 aromatic rings. The van der Waals surface area contributed by atoms with Gasteiger partial charge in [0.1, 0.15) is 5.75 Å². The third-order valence-corrected chi connectivity index (χ3v) is 2.87. The van der Waals surface area contributed by atoms with Gasteiger partial charge in [-0.3, -0.25) is 0 Å². The van der Waals surface area contributed by atoms with E-state index in [-0.39, 0.29) is 12.5 Å². The van der Waals surface area contributed by atoms with Gasteiger partial charge in [0.15, 0.2) is 0 Å². The largest absolute Gasteiger partial charge is 0.491 e. The Balaban J connectivity index is 2.10. The van der Waals surface area contributed by atoms with E-state index in [1.807, 2.05) is 38.1 Å². The molecule has 0 radical (unpaired) electrons. The zero-order valence-corrected chi connectivity index (χ0v) is 11.2. The maximum atomic E-state index is 11.1. The van der Waals surface area contributed by atoms with E-state index in [1.54, 1.807) is 0 Å². The molecule has 5 nitrogen and oxygen atoms in total. The highest BCUT2D eigenvalue weighted by Crippen LogP contribution is 2.27. The Labute approximate surface area is 111 Å². The van der Waals surface area contributed by atoms with E-state index in [1.165, 1.54) is 6.92 Å². The quantitative estimate of drug-likeness (QED) is 0.906. The van der Waals surface area contributed by atoms with Crippen LogP contribution in [-0.2, 0) is 9.63 Å². The smallest absolute Gasteiger partial charge is 0.351 e. The van der Waals surface area contributed by atoms with E-state index < -0.39 is 11.6 Å². The number of carbonyl (C=O) groups is 1. The van der Waals surface area contributed by atoms with Crippen molar-refractivity contribution in [3.8, 4) is 5.75 Å². The third-order valence-electron chi connectivity index (χ3n) is 2.87. The lowest BCUT2D eigenvalue weighted by Gasteiger charge is -2.14. The van der Waals surface area contributed by atoms with Crippen LogP contribution in [0, 0.1) is 0 Å². The molecule has 5 heteroatoms. The van der Waals surface area contributed by atoms with Crippen molar-refractivity contribution in [1.82, 2.24) is 0 Å². The Morgan fingerprint density at radius 3 is 2.53 bits per heavy atom. The molecule has 1 aromatic carbocycles. The summed E-state index contributed by atoms with van der Waals surface area (Å²) in [5, 5.41) is 12.9. The number of hydrogen-bond acceptors (Lipinski definition) is 4. The number of ether oxygens (including phenoxy) is 1. The number of carboxylic acid groups (broad SMARTS) is 1. The number of rotatable bonds is 4. The van der Waals surface area contributed by atoms with Crippen molar-refractivity contribution in [3.05, 3.63) is 29.8 Å². The first-order valence-electron chi connectivity index (χ1n) is 6.16. The first kappa shape index (κ1) is 13.4. The van der Waals surface area contributed by atoms with E-state index in [4.69, 9.17) is 14.7 Å². The zero-order chi connectivity index (χ0) is 14.0. The van der Waals surface area contributed by atoms with Crippen LogP contribution in [0.1, 0.15) is 32.8 Å². The SMILES string of the molecule is CC(C)Oc1ccc(C2=NO[C@](C)(C(=O)O)C2)cc1. The molecule has 0 aliphatic carbocycles. The standard InChI is InChI=1S/C14H17NO4/c1-9(2)18-11-6-4-10(5-7-11)12-8-14(3,13(16)17)19-15-12/h4-7,9H,8H2,1-3H3,(H,16,17)/t14-/m0/s1. The van der Waals surface area contributed by atoms with E-state index in [0.717, 1.165) is 11.3 Å². The van der Waals surface area contributed by atoms with Crippen LogP contribution < -0.4 is 4.74 Å². The van der Waals surface area contributed by atoms with Crippen molar-refractivity contribution < 1.29 is 19.5 Å². The monoisotopic (exact) mass is 263 g/mol. The fraction of sp³-hybridized carbons (Fsp3) is 0.429. The Morgan fingerprint density at radius 1 is 1.42 bits per heavy atom. The van der Waals surface area contributed by atoms with Gasteiger partial charge in [-0.15, -0.1) is 0 Å². The Morgan fingerprint density at radius 2 is 2.05 bits per heavy atom. The maximum Gasteiger partial charge on any atom is 0.351 e. The molecule has 2 rings (SSSR count). The van der Waals surface area contributed by atoms with E-state index in [9.17, 15) is 4.79 Å². The normalized spacial score (nSPS) is 22.0. The second kappa shape index (κ2) is 4.91. The van der Waals surface area contributed by atoms with Crippen molar-refractivity contribution in [2.45, 2.75) is 38.9 Å². The average molecular weight is 263 g/mol. The molecular formula is C14H17NO4. The summed E-state index contributed by atoms with van der Waals surface area (Å²) in [6, 6.07) is 7.39. The van der Waals surface area contributed by atoms with Gasteiger partial charge >= 0.3 is 5.97 Å². The van der Waals surface area contributed by atoms with Gasteiger partial charge in [-0.1, -0.05) is 5.16 Å². The number of carboxylic acids is 1. The molecule has 19 heavy (non-hydrogen) atoms. The Kier molecular flexibility index (Phi) is 3.46. The van der Waals surface area contributed by atoms with Crippen LogP contribution in [0.3, 0.4) is 0 Å². The van der Waals surface area contributed by atoms with Gasteiger partial charge < -0.3 is 14.7 Å². The molecule has 0 spiro atoms. The minimum absolute atomic E-state index is 0.119. The number of benzene rings is 1. The van der Waals surface area contributed by atoms with Crippen LogP contribution in [0.25, 0.3) is 0 Å². The molecular weight excluding hydrogens is 246 g/mol. The van der Waals surface area contributed by atoms with Gasteiger partial charge in [0.05, 0.1) is 11.8 Å². The summed E-state index contributed by atoms with van der Waals surface area (Å²) in [6.45, 7) is 5.43. The van der Waals surface area contributed by atoms with E-state index >= 15 is 0 Å². The second-order valence-electron chi connectivity index (χ2n) is 5.03. The summed E-state index contributed by atoms with van der Waals surface area (Å²) in [5.74, 6) is -0.231.